The maximum Gasteiger partial charge on any atom is 0.433 e. The summed E-state index contributed by atoms with van der Waals surface area (Å²) in [7, 11) is 0. The zero-order chi connectivity index (χ0) is 11.9. The molecule has 0 fully saturated rings. The summed E-state index contributed by atoms with van der Waals surface area (Å²) < 4.78 is 72.1. The van der Waals surface area contributed by atoms with Crippen molar-refractivity contribution in [2.24, 2.45) is 0 Å². The highest BCUT2D eigenvalue weighted by Gasteiger charge is 2.39. The van der Waals surface area contributed by atoms with Gasteiger partial charge in [-0.05, 0) is 6.07 Å². The first-order chi connectivity index (χ1) is 6.60. The van der Waals surface area contributed by atoms with Gasteiger partial charge >= 0.3 is 12.4 Å². The van der Waals surface area contributed by atoms with Crippen LogP contribution in [0.4, 0.5) is 32.3 Å². The Labute approximate surface area is 78.9 Å². The number of hydrogen-bond donors (Lipinski definition) is 1. The van der Waals surface area contributed by atoms with E-state index in [1.165, 1.54) is 0 Å². The van der Waals surface area contributed by atoms with E-state index >= 15 is 0 Å². The Hall–Kier alpha value is -1.54. The van der Waals surface area contributed by atoms with E-state index in [1.54, 1.807) is 0 Å². The predicted octanol–water partition coefficient (Wildman–Crippen LogP) is 2.10. The quantitative estimate of drug-likeness (QED) is 0.695. The molecule has 0 aromatic carbocycles. The zero-order valence-electron chi connectivity index (χ0n) is 6.82. The van der Waals surface area contributed by atoms with Crippen LogP contribution in [0.15, 0.2) is 6.07 Å². The van der Waals surface area contributed by atoms with Gasteiger partial charge in [-0.3, -0.25) is 0 Å². The second kappa shape index (κ2) is 3.24. The number of halogens is 6. The number of rotatable bonds is 0. The van der Waals surface area contributed by atoms with Gasteiger partial charge in [0.1, 0.15) is 0 Å². The molecule has 0 saturated heterocycles. The van der Waals surface area contributed by atoms with Crippen LogP contribution in [0.25, 0.3) is 0 Å². The number of anilines is 1. The summed E-state index contributed by atoms with van der Waals surface area (Å²) in [4.78, 5) is 5.32. The molecule has 84 valence electrons. The average Bonchev–Trinajstić information content (AvgIpc) is 1.99. The van der Waals surface area contributed by atoms with Crippen molar-refractivity contribution in [1.82, 2.24) is 9.97 Å². The van der Waals surface area contributed by atoms with Gasteiger partial charge in [0.2, 0.25) is 5.95 Å². The molecule has 1 aromatic heterocycles. The zero-order valence-corrected chi connectivity index (χ0v) is 6.82. The third kappa shape index (κ3) is 2.70. The summed E-state index contributed by atoms with van der Waals surface area (Å²) in [6.45, 7) is 0. The Kier molecular flexibility index (Phi) is 2.49. The predicted molar refractivity (Wildman–Crippen MR) is 36.4 cm³/mol. The van der Waals surface area contributed by atoms with Crippen LogP contribution in [0.5, 0.6) is 0 Å². The van der Waals surface area contributed by atoms with Gasteiger partial charge in [-0.25, -0.2) is 9.97 Å². The first-order valence-corrected chi connectivity index (χ1v) is 3.39. The molecule has 1 aromatic rings. The molecule has 0 radical (unpaired) electrons. The second-order valence-electron chi connectivity index (χ2n) is 2.49. The van der Waals surface area contributed by atoms with E-state index in [9.17, 15) is 26.3 Å². The molecule has 0 amide bonds. The number of alkyl halides is 6. The molecule has 0 aliphatic heterocycles. The first-order valence-electron chi connectivity index (χ1n) is 3.39. The van der Waals surface area contributed by atoms with Crippen LogP contribution in [-0.2, 0) is 12.4 Å². The molecule has 2 N–H and O–H groups in total. The van der Waals surface area contributed by atoms with E-state index in [-0.39, 0.29) is 6.07 Å². The largest absolute Gasteiger partial charge is 0.433 e. The van der Waals surface area contributed by atoms with E-state index in [0.717, 1.165) is 0 Å². The van der Waals surface area contributed by atoms with Crippen molar-refractivity contribution in [2.75, 3.05) is 5.73 Å². The molecule has 0 aliphatic rings. The molecular weight excluding hydrogens is 228 g/mol. The molecule has 1 heterocycles. The Balaban J connectivity index is 3.30. The molecule has 0 saturated carbocycles. The van der Waals surface area contributed by atoms with Gasteiger partial charge in [-0.1, -0.05) is 0 Å². The maximum absolute atomic E-state index is 12.0. The van der Waals surface area contributed by atoms with E-state index in [4.69, 9.17) is 5.73 Å². The van der Waals surface area contributed by atoms with Crippen molar-refractivity contribution in [3.63, 3.8) is 0 Å². The lowest BCUT2D eigenvalue weighted by Gasteiger charge is -2.10. The minimum Gasteiger partial charge on any atom is -0.368 e. The number of aromatic nitrogens is 2. The van der Waals surface area contributed by atoms with E-state index in [0.29, 0.717) is 0 Å². The maximum atomic E-state index is 12.0. The van der Waals surface area contributed by atoms with Crippen LogP contribution in [0.3, 0.4) is 0 Å². The fourth-order valence-electron chi connectivity index (χ4n) is 0.756. The summed E-state index contributed by atoms with van der Waals surface area (Å²) in [6, 6.07) is -0.198. The summed E-state index contributed by atoms with van der Waals surface area (Å²) in [5, 5.41) is 0. The topological polar surface area (TPSA) is 51.8 Å². The fourth-order valence-corrected chi connectivity index (χ4v) is 0.756. The molecule has 0 unspecified atom stereocenters. The number of nitrogen functional groups attached to an aromatic ring is 1. The highest BCUT2D eigenvalue weighted by atomic mass is 19.4. The van der Waals surface area contributed by atoms with Crippen LogP contribution in [0.2, 0.25) is 0 Å². The summed E-state index contributed by atoms with van der Waals surface area (Å²) in [6.07, 6.45) is -9.98. The van der Waals surface area contributed by atoms with Crippen LogP contribution in [0.1, 0.15) is 11.4 Å². The monoisotopic (exact) mass is 231 g/mol. The van der Waals surface area contributed by atoms with Crippen molar-refractivity contribution in [3.8, 4) is 0 Å². The van der Waals surface area contributed by atoms with Crippen molar-refractivity contribution >= 4 is 5.95 Å². The third-order valence-corrected chi connectivity index (χ3v) is 1.32. The van der Waals surface area contributed by atoms with Gasteiger partial charge in [0.25, 0.3) is 0 Å². The van der Waals surface area contributed by atoms with Gasteiger partial charge in [0, 0.05) is 0 Å². The van der Waals surface area contributed by atoms with Crippen LogP contribution in [-0.4, -0.2) is 9.97 Å². The summed E-state index contributed by atoms with van der Waals surface area (Å²) in [5.74, 6) is -1.07. The van der Waals surface area contributed by atoms with Gasteiger partial charge in [0.15, 0.2) is 11.4 Å². The minimum absolute atomic E-state index is 0.198. The lowest BCUT2D eigenvalue weighted by atomic mass is 10.3. The molecule has 0 spiro atoms. The lowest BCUT2D eigenvalue weighted by molar-refractivity contribution is -0.147. The SMILES string of the molecule is Nc1nc(C(F)(F)F)cc(C(F)(F)F)n1. The number of hydrogen-bond acceptors (Lipinski definition) is 3. The normalized spacial score (nSPS) is 12.9. The Morgan fingerprint density at radius 3 is 1.47 bits per heavy atom. The average molecular weight is 231 g/mol. The molecular formula is C6H3F6N3. The van der Waals surface area contributed by atoms with Gasteiger partial charge in [-0.2, -0.15) is 26.3 Å². The van der Waals surface area contributed by atoms with Crippen molar-refractivity contribution in [2.45, 2.75) is 12.4 Å². The molecule has 0 aliphatic carbocycles. The minimum atomic E-state index is -4.99. The Bertz CT molecular complexity index is 336. The molecule has 0 atom stereocenters. The lowest BCUT2D eigenvalue weighted by Crippen LogP contribution is -2.16. The highest BCUT2D eigenvalue weighted by Crippen LogP contribution is 2.33. The molecule has 15 heavy (non-hydrogen) atoms. The Morgan fingerprint density at radius 1 is 0.867 bits per heavy atom. The van der Waals surface area contributed by atoms with Crippen LogP contribution in [0, 0.1) is 0 Å². The van der Waals surface area contributed by atoms with E-state index < -0.39 is 29.7 Å². The molecule has 9 heteroatoms. The van der Waals surface area contributed by atoms with Gasteiger partial charge in [-0.15, -0.1) is 0 Å². The van der Waals surface area contributed by atoms with Crippen LogP contribution < -0.4 is 5.73 Å². The highest BCUT2D eigenvalue weighted by molar-refractivity contribution is 5.25. The van der Waals surface area contributed by atoms with E-state index in [1.807, 2.05) is 0 Å². The Morgan fingerprint density at radius 2 is 1.20 bits per heavy atom. The third-order valence-electron chi connectivity index (χ3n) is 1.32. The van der Waals surface area contributed by atoms with Crippen LogP contribution >= 0.6 is 0 Å². The number of nitrogens with zero attached hydrogens (tertiary/aromatic N) is 2. The molecule has 3 nitrogen and oxygen atoms in total. The number of nitrogens with two attached hydrogens (primary N) is 1. The van der Waals surface area contributed by atoms with Crippen molar-refractivity contribution in [1.29, 1.82) is 0 Å². The smallest absolute Gasteiger partial charge is 0.368 e. The van der Waals surface area contributed by atoms with Gasteiger partial charge < -0.3 is 5.73 Å². The molecule has 0 bridgehead atoms. The molecule has 1 rings (SSSR count). The standard InChI is InChI=1S/C6H3F6N3/c7-5(8,9)2-1-3(6(10,11)12)15-4(13)14-2/h1H,(H2,13,14,15). The van der Waals surface area contributed by atoms with Gasteiger partial charge in [0.05, 0.1) is 0 Å². The summed E-state index contributed by atoms with van der Waals surface area (Å²) >= 11 is 0. The second-order valence-corrected chi connectivity index (χ2v) is 2.49. The van der Waals surface area contributed by atoms with Crippen molar-refractivity contribution < 1.29 is 26.3 Å². The summed E-state index contributed by atoms with van der Waals surface area (Å²) in [5.41, 5.74) is 1.29. The first kappa shape index (κ1) is 11.5. The van der Waals surface area contributed by atoms with E-state index in [2.05, 4.69) is 9.97 Å². The van der Waals surface area contributed by atoms with Crippen molar-refractivity contribution in [3.05, 3.63) is 17.5 Å². The fraction of sp³-hybridized carbons (Fsp3) is 0.333.